The lowest BCUT2D eigenvalue weighted by atomic mass is 9.70. The van der Waals surface area contributed by atoms with Crippen molar-refractivity contribution in [1.29, 1.82) is 0 Å². The highest BCUT2D eigenvalue weighted by Crippen LogP contribution is 2.43. The fraction of sp³-hybridized carbons (Fsp3) is 0.833. The Labute approximate surface area is 179 Å². The summed E-state index contributed by atoms with van der Waals surface area (Å²) in [6, 6.07) is 0. The summed E-state index contributed by atoms with van der Waals surface area (Å²) in [6.45, 7) is 3.16. The van der Waals surface area contributed by atoms with Crippen molar-refractivity contribution in [3.8, 4) is 0 Å². The van der Waals surface area contributed by atoms with Gasteiger partial charge in [0.1, 0.15) is 0 Å². The predicted molar refractivity (Wildman–Crippen MR) is 112 cm³/mol. The van der Waals surface area contributed by atoms with Crippen LogP contribution in [-0.2, 0) is 10.9 Å². The third-order valence-electron chi connectivity index (χ3n) is 7.16. The van der Waals surface area contributed by atoms with Gasteiger partial charge in [0.15, 0.2) is 0 Å². The highest BCUT2D eigenvalue weighted by atomic mass is 19.4. The summed E-state index contributed by atoms with van der Waals surface area (Å²) >= 11 is 0. The van der Waals surface area contributed by atoms with Gasteiger partial charge in [0.2, 0.25) is 5.82 Å². The van der Waals surface area contributed by atoms with Crippen molar-refractivity contribution < 1.29 is 17.9 Å². The van der Waals surface area contributed by atoms with Crippen molar-refractivity contribution in [3.05, 3.63) is 23.8 Å². The lowest BCUT2D eigenvalue weighted by molar-refractivity contribution is -0.145. The Balaban J connectivity index is 1.34. The molecule has 1 aromatic rings. The SMILES string of the molecule is CCCCCCCOC1CCC(C2CCC(c3cnc(C(F)(F)F)nc3)CC2)CC1. The van der Waals surface area contributed by atoms with Gasteiger partial charge in [-0.3, -0.25) is 0 Å². The van der Waals surface area contributed by atoms with Crippen LogP contribution in [0.5, 0.6) is 0 Å². The van der Waals surface area contributed by atoms with Gasteiger partial charge in [0, 0.05) is 19.0 Å². The van der Waals surface area contributed by atoms with E-state index in [4.69, 9.17) is 4.74 Å². The molecule has 3 rings (SSSR count). The van der Waals surface area contributed by atoms with Crippen LogP contribution in [0.4, 0.5) is 13.2 Å². The van der Waals surface area contributed by atoms with Crippen LogP contribution in [-0.4, -0.2) is 22.7 Å². The predicted octanol–water partition coefficient (Wildman–Crippen LogP) is 7.32. The maximum absolute atomic E-state index is 12.6. The first-order valence-corrected chi connectivity index (χ1v) is 12.0. The first-order valence-electron chi connectivity index (χ1n) is 12.0. The van der Waals surface area contributed by atoms with Crippen LogP contribution < -0.4 is 0 Å². The van der Waals surface area contributed by atoms with Crippen LogP contribution in [0.2, 0.25) is 0 Å². The first kappa shape index (κ1) is 23.5. The zero-order valence-corrected chi connectivity index (χ0v) is 18.3. The molecule has 0 N–H and O–H groups in total. The number of ether oxygens (including phenoxy) is 1. The average molecular weight is 427 g/mol. The van der Waals surface area contributed by atoms with Gasteiger partial charge in [0.05, 0.1) is 6.10 Å². The molecule has 3 nitrogen and oxygen atoms in total. The molecule has 6 heteroatoms. The Kier molecular flexibility index (Phi) is 8.97. The molecule has 0 bridgehead atoms. The van der Waals surface area contributed by atoms with Crippen LogP contribution >= 0.6 is 0 Å². The van der Waals surface area contributed by atoms with E-state index in [-0.39, 0.29) is 0 Å². The Morgan fingerprint density at radius 1 is 0.833 bits per heavy atom. The second kappa shape index (κ2) is 11.4. The van der Waals surface area contributed by atoms with Crippen LogP contribution in [0, 0.1) is 11.8 Å². The monoisotopic (exact) mass is 426 g/mol. The molecule has 0 aliphatic heterocycles. The number of hydrogen-bond acceptors (Lipinski definition) is 3. The van der Waals surface area contributed by atoms with Crippen molar-refractivity contribution in [2.24, 2.45) is 11.8 Å². The standard InChI is InChI=1S/C24H37F3N2O/c1-2-3-4-5-6-15-30-22-13-11-19(12-14-22)18-7-9-20(10-8-18)21-16-28-23(29-17-21)24(25,26)27/h16-20,22H,2-15H2,1H3. The number of nitrogens with zero attached hydrogens (tertiary/aromatic N) is 2. The molecule has 2 saturated carbocycles. The molecule has 2 aliphatic carbocycles. The molecule has 0 spiro atoms. The number of rotatable bonds is 9. The smallest absolute Gasteiger partial charge is 0.378 e. The molecule has 0 radical (unpaired) electrons. The van der Waals surface area contributed by atoms with Gasteiger partial charge in [-0.2, -0.15) is 13.2 Å². The fourth-order valence-electron chi connectivity index (χ4n) is 5.30. The molecule has 170 valence electrons. The topological polar surface area (TPSA) is 35.0 Å². The van der Waals surface area contributed by atoms with E-state index < -0.39 is 12.0 Å². The average Bonchev–Trinajstić information content (AvgIpc) is 2.76. The quantitative estimate of drug-likeness (QED) is 0.388. The van der Waals surface area contributed by atoms with Crippen LogP contribution in [0.15, 0.2) is 12.4 Å². The third kappa shape index (κ3) is 6.93. The Morgan fingerprint density at radius 2 is 1.40 bits per heavy atom. The summed E-state index contributed by atoms with van der Waals surface area (Å²) in [5.41, 5.74) is 0.859. The lowest BCUT2D eigenvalue weighted by Gasteiger charge is -2.37. The van der Waals surface area contributed by atoms with E-state index >= 15 is 0 Å². The van der Waals surface area contributed by atoms with Crippen molar-refractivity contribution >= 4 is 0 Å². The molecule has 2 fully saturated rings. The van der Waals surface area contributed by atoms with E-state index in [2.05, 4.69) is 16.9 Å². The summed E-state index contributed by atoms with van der Waals surface area (Å²) in [4.78, 5) is 7.07. The Morgan fingerprint density at radius 3 is 1.97 bits per heavy atom. The van der Waals surface area contributed by atoms with Gasteiger partial charge in [0.25, 0.3) is 0 Å². The number of aromatic nitrogens is 2. The molecule has 1 aromatic heterocycles. The van der Waals surface area contributed by atoms with Crippen molar-refractivity contribution in [1.82, 2.24) is 9.97 Å². The summed E-state index contributed by atoms with van der Waals surface area (Å²) in [5, 5.41) is 0. The number of unbranched alkanes of at least 4 members (excludes halogenated alkanes) is 4. The summed E-state index contributed by atoms with van der Waals surface area (Å²) in [6.07, 6.45) is 14.5. The molecular formula is C24H37F3N2O. The van der Waals surface area contributed by atoms with Gasteiger partial charge < -0.3 is 4.74 Å². The van der Waals surface area contributed by atoms with Crippen molar-refractivity contribution in [2.45, 2.75) is 109 Å². The van der Waals surface area contributed by atoms with E-state index in [1.807, 2.05) is 0 Å². The summed E-state index contributed by atoms with van der Waals surface area (Å²) in [7, 11) is 0. The zero-order chi connectivity index (χ0) is 21.4. The van der Waals surface area contributed by atoms with Gasteiger partial charge in [-0.15, -0.1) is 0 Å². The van der Waals surface area contributed by atoms with Gasteiger partial charge in [-0.1, -0.05) is 32.6 Å². The van der Waals surface area contributed by atoms with Crippen molar-refractivity contribution in [3.63, 3.8) is 0 Å². The summed E-state index contributed by atoms with van der Waals surface area (Å²) in [5.74, 6) is 0.807. The Bertz CT molecular complexity index is 604. The zero-order valence-electron chi connectivity index (χ0n) is 18.3. The minimum Gasteiger partial charge on any atom is -0.378 e. The molecule has 1 heterocycles. The molecule has 2 aliphatic rings. The lowest BCUT2D eigenvalue weighted by Crippen LogP contribution is -2.28. The Hall–Kier alpha value is -1.17. The summed E-state index contributed by atoms with van der Waals surface area (Å²) < 4.78 is 44.0. The fourth-order valence-corrected chi connectivity index (χ4v) is 5.30. The molecule has 0 aromatic carbocycles. The molecular weight excluding hydrogens is 389 g/mol. The van der Waals surface area contributed by atoms with E-state index in [0.717, 1.165) is 36.8 Å². The molecule has 0 atom stereocenters. The van der Waals surface area contributed by atoms with E-state index in [1.165, 1.54) is 83.0 Å². The molecule has 30 heavy (non-hydrogen) atoms. The number of alkyl halides is 3. The number of halogens is 3. The second-order valence-electron chi connectivity index (χ2n) is 9.27. The highest BCUT2D eigenvalue weighted by Gasteiger charge is 2.35. The second-order valence-corrected chi connectivity index (χ2v) is 9.27. The number of hydrogen-bond donors (Lipinski definition) is 0. The maximum Gasteiger partial charge on any atom is 0.451 e. The van der Waals surface area contributed by atoms with Crippen molar-refractivity contribution in [2.75, 3.05) is 6.61 Å². The minimum atomic E-state index is -4.46. The van der Waals surface area contributed by atoms with E-state index in [9.17, 15) is 13.2 Å². The van der Waals surface area contributed by atoms with Gasteiger partial charge in [-0.05, 0) is 81.1 Å². The van der Waals surface area contributed by atoms with E-state index in [0.29, 0.717) is 12.0 Å². The largest absolute Gasteiger partial charge is 0.451 e. The van der Waals surface area contributed by atoms with Crippen LogP contribution in [0.1, 0.15) is 108 Å². The molecule has 0 unspecified atom stereocenters. The molecule has 0 amide bonds. The normalized spacial score (nSPS) is 27.9. The first-order chi connectivity index (χ1) is 14.5. The van der Waals surface area contributed by atoms with Crippen LogP contribution in [0.25, 0.3) is 0 Å². The maximum atomic E-state index is 12.6. The van der Waals surface area contributed by atoms with Gasteiger partial charge >= 0.3 is 6.18 Å². The third-order valence-corrected chi connectivity index (χ3v) is 7.16. The highest BCUT2D eigenvalue weighted by molar-refractivity contribution is 5.13. The van der Waals surface area contributed by atoms with Gasteiger partial charge in [-0.25, -0.2) is 9.97 Å². The molecule has 0 saturated heterocycles. The minimum absolute atomic E-state index is 0.302. The van der Waals surface area contributed by atoms with E-state index in [1.54, 1.807) is 0 Å². The van der Waals surface area contributed by atoms with Crippen LogP contribution in [0.3, 0.4) is 0 Å².